The molecule has 6 atom stereocenters. The van der Waals surface area contributed by atoms with Crippen LogP contribution < -0.4 is 0 Å². The lowest BCUT2D eigenvalue weighted by Gasteiger charge is -2.61. The summed E-state index contributed by atoms with van der Waals surface area (Å²) in [6, 6.07) is 10.2. The molecule has 0 spiro atoms. The molecule has 2 fully saturated rings. The minimum absolute atomic E-state index is 0.0255. The Morgan fingerprint density at radius 3 is 2.22 bits per heavy atom. The van der Waals surface area contributed by atoms with Gasteiger partial charge in [0.2, 0.25) is 0 Å². The van der Waals surface area contributed by atoms with Crippen LogP contribution in [-0.2, 0) is 46.3 Å². The van der Waals surface area contributed by atoms with Crippen molar-refractivity contribution in [3.05, 3.63) is 53.1 Å². The number of ether oxygens (including phenoxy) is 2. The molecular weight excluding hydrogens is 592 g/mol. The zero-order valence-electron chi connectivity index (χ0n) is 27.0. The Balaban J connectivity index is 1.58. The van der Waals surface area contributed by atoms with Crippen molar-refractivity contribution in [2.75, 3.05) is 20.3 Å². The van der Waals surface area contributed by atoms with Crippen molar-refractivity contribution in [1.82, 2.24) is 0 Å². The highest BCUT2D eigenvalue weighted by molar-refractivity contribution is 6.32. The Morgan fingerprint density at radius 1 is 0.978 bits per heavy atom. The van der Waals surface area contributed by atoms with E-state index in [1.54, 1.807) is 58.0 Å². The predicted octanol–water partition coefficient (Wildman–Crippen LogP) is 3.49. The third-order valence-electron chi connectivity index (χ3n) is 10.4. The number of Topliss-reactive ketones (excluding diaryl/α,β-unsaturated/α-hetero) is 5. The number of hydrogen-bond donors (Lipinski definition) is 2. The molecule has 0 bridgehead atoms. The summed E-state index contributed by atoms with van der Waals surface area (Å²) in [5, 5.41) is 23.1. The van der Waals surface area contributed by atoms with E-state index in [2.05, 4.69) is 0 Å². The van der Waals surface area contributed by atoms with Gasteiger partial charge >= 0.3 is 5.97 Å². The molecule has 5 rings (SSSR count). The topological polar surface area (TPSA) is 161 Å². The number of hydrogen-bond acceptors (Lipinski definition) is 10. The summed E-state index contributed by atoms with van der Waals surface area (Å²) >= 11 is 0. The minimum Gasteiger partial charge on any atom is -0.507 e. The molecule has 3 aliphatic carbocycles. The number of carbonyl (C=O) groups is 6. The molecular formula is C36H40O10. The number of esters is 1. The molecule has 0 aliphatic heterocycles. The number of phenolic OH excluding ortho intramolecular Hbond substituents is 1. The van der Waals surface area contributed by atoms with E-state index in [0.717, 1.165) is 6.92 Å². The standard InChI is InChI=1S/C36H40O10/c1-18(2)28-30(40)26(19(3)37)32(42)36(44)33(43)29-31(41)27-23(16-34(29,4)17-35(28,36)5)22(11-12-24(27)38)21-9-7-20(8-10-21)15-25(39)46-14-13-45-6/h7-12,18,26,28-29,38,44H,13-17H2,1-6H3/t26?,28?,29?,34-,35-,36+/m1/s1. The Morgan fingerprint density at radius 2 is 1.63 bits per heavy atom. The fourth-order valence-electron chi connectivity index (χ4n) is 8.67. The summed E-state index contributed by atoms with van der Waals surface area (Å²) in [7, 11) is 1.51. The summed E-state index contributed by atoms with van der Waals surface area (Å²) in [5.41, 5.74) is -2.95. The number of methoxy groups -OCH3 is 1. The molecule has 0 radical (unpaired) electrons. The van der Waals surface area contributed by atoms with Crippen LogP contribution in [0.4, 0.5) is 0 Å². The van der Waals surface area contributed by atoms with E-state index >= 15 is 0 Å². The zero-order chi connectivity index (χ0) is 33.9. The van der Waals surface area contributed by atoms with Crippen molar-refractivity contribution in [2.45, 2.75) is 59.5 Å². The van der Waals surface area contributed by atoms with Crippen LogP contribution in [0.1, 0.15) is 62.5 Å². The van der Waals surface area contributed by atoms with Crippen LogP contribution in [0.5, 0.6) is 5.75 Å². The predicted molar refractivity (Wildman–Crippen MR) is 165 cm³/mol. The van der Waals surface area contributed by atoms with E-state index in [4.69, 9.17) is 9.47 Å². The van der Waals surface area contributed by atoms with Gasteiger partial charge in [-0.15, -0.1) is 0 Å². The quantitative estimate of drug-likeness (QED) is 0.250. The number of carbonyl (C=O) groups excluding carboxylic acids is 6. The molecule has 2 aromatic carbocycles. The van der Waals surface area contributed by atoms with Crippen LogP contribution >= 0.6 is 0 Å². The lowest BCUT2D eigenvalue weighted by Crippen LogP contribution is -2.76. The largest absolute Gasteiger partial charge is 0.507 e. The van der Waals surface area contributed by atoms with E-state index < -0.39 is 75.0 Å². The molecule has 2 N–H and O–H groups in total. The van der Waals surface area contributed by atoms with Gasteiger partial charge in [-0.25, -0.2) is 0 Å². The summed E-state index contributed by atoms with van der Waals surface area (Å²) in [5.74, 6) is -9.72. The highest BCUT2D eigenvalue weighted by Gasteiger charge is 2.76. The average molecular weight is 633 g/mol. The highest BCUT2D eigenvalue weighted by atomic mass is 16.6. The van der Waals surface area contributed by atoms with E-state index in [0.29, 0.717) is 28.9 Å². The van der Waals surface area contributed by atoms with Crippen LogP contribution in [0, 0.1) is 34.5 Å². The highest BCUT2D eigenvalue weighted by Crippen LogP contribution is 2.64. The Labute approximate surface area is 267 Å². The maximum atomic E-state index is 14.4. The van der Waals surface area contributed by atoms with Crippen molar-refractivity contribution in [1.29, 1.82) is 0 Å². The van der Waals surface area contributed by atoms with Crippen molar-refractivity contribution < 1.29 is 48.5 Å². The van der Waals surface area contributed by atoms with Crippen LogP contribution in [0.15, 0.2) is 36.4 Å². The van der Waals surface area contributed by atoms with E-state index in [1.165, 1.54) is 13.2 Å². The summed E-state index contributed by atoms with van der Waals surface area (Å²) in [6.07, 6.45) is 0.164. The normalized spacial score (nSPS) is 30.5. The second-order valence-corrected chi connectivity index (χ2v) is 13.9. The van der Waals surface area contributed by atoms with Crippen LogP contribution in [0.25, 0.3) is 11.1 Å². The number of fused-ring (bicyclic) bond motifs is 3. The lowest BCUT2D eigenvalue weighted by atomic mass is 9.40. The fraction of sp³-hybridized carbons (Fsp3) is 0.500. The Hall–Kier alpha value is -4.02. The molecule has 3 aliphatic rings. The molecule has 0 amide bonds. The molecule has 10 nitrogen and oxygen atoms in total. The van der Waals surface area contributed by atoms with Crippen molar-refractivity contribution in [3.63, 3.8) is 0 Å². The van der Waals surface area contributed by atoms with Crippen molar-refractivity contribution in [3.8, 4) is 16.9 Å². The van der Waals surface area contributed by atoms with Gasteiger partial charge in [0.1, 0.15) is 24.1 Å². The monoisotopic (exact) mass is 632 g/mol. The van der Waals surface area contributed by atoms with Gasteiger partial charge in [-0.3, -0.25) is 28.8 Å². The summed E-state index contributed by atoms with van der Waals surface area (Å²) < 4.78 is 10.0. The van der Waals surface area contributed by atoms with E-state index in [-0.39, 0.29) is 37.2 Å². The molecule has 0 saturated heterocycles. The van der Waals surface area contributed by atoms with Gasteiger partial charge in [0.15, 0.2) is 28.7 Å². The first-order valence-electron chi connectivity index (χ1n) is 15.5. The van der Waals surface area contributed by atoms with Gasteiger partial charge in [0, 0.05) is 18.4 Å². The number of phenols is 1. The molecule has 2 aromatic rings. The van der Waals surface area contributed by atoms with Gasteiger partial charge < -0.3 is 19.7 Å². The summed E-state index contributed by atoms with van der Waals surface area (Å²) in [6.45, 7) is 8.33. The maximum Gasteiger partial charge on any atom is 0.310 e. The number of aromatic hydroxyl groups is 1. The molecule has 244 valence electrons. The molecule has 0 heterocycles. The van der Waals surface area contributed by atoms with Crippen LogP contribution in [0.2, 0.25) is 0 Å². The Bertz CT molecular complexity index is 1660. The van der Waals surface area contributed by atoms with Gasteiger partial charge in [-0.05, 0) is 59.4 Å². The molecule has 3 unspecified atom stereocenters. The number of benzene rings is 2. The lowest BCUT2D eigenvalue weighted by molar-refractivity contribution is -0.205. The van der Waals surface area contributed by atoms with Gasteiger partial charge in [0.05, 0.1) is 24.5 Å². The van der Waals surface area contributed by atoms with Crippen molar-refractivity contribution >= 4 is 34.9 Å². The zero-order valence-corrected chi connectivity index (χ0v) is 27.0. The number of aliphatic hydroxyl groups is 1. The molecule has 46 heavy (non-hydrogen) atoms. The van der Waals surface area contributed by atoms with Crippen LogP contribution in [0.3, 0.4) is 0 Å². The minimum atomic E-state index is -2.74. The van der Waals surface area contributed by atoms with Gasteiger partial charge in [-0.1, -0.05) is 58.0 Å². The number of rotatable bonds is 8. The molecule has 0 aromatic heterocycles. The second-order valence-electron chi connectivity index (χ2n) is 13.9. The molecule has 10 heteroatoms. The number of ketones is 5. The van der Waals surface area contributed by atoms with Crippen molar-refractivity contribution in [2.24, 2.45) is 34.5 Å². The third kappa shape index (κ3) is 4.84. The maximum absolute atomic E-state index is 14.4. The fourth-order valence-corrected chi connectivity index (χ4v) is 8.67. The van der Waals surface area contributed by atoms with Gasteiger partial charge in [-0.2, -0.15) is 0 Å². The first-order chi connectivity index (χ1) is 21.5. The van der Waals surface area contributed by atoms with E-state index in [1.807, 2.05) is 0 Å². The SMILES string of the molecule is COCCOC(=O)Cc1ccc(-c2ccc(O)c3c2C[C@]2(C)C[C@]4(C)C(C(C)C)C(=O)C(C(C)=O)C(=O)[C@]4(O)C(=O)C2C3=O)cc1. The molecule has 2 saturated carbocycles. The van der Waals surface area contributed by atoms with E-state index in [9.17, 15) is 39.0 Å². The van der Waals surface area contributed by atoms with Gasteiger partial charge in [0.25, 0.3) is 0 Å². The Kier molecular flexibility index (Phi) is 8.45. The first-order valence-corrected chi connectivity index (χ1v) is 15.5. The second kappa shape index (κ2) is 11.7. The summed E-state index contributed by atoms with van der Waals surface area (Å²) in [4.78, 5) is 80.9. The third-order valence-corrected chi connectivity index (χ3v) is 10.4. The smallest absolute Gasteiger partial charge is 0.310 e. The first kappa shape index (κ1) is 33.3. The van der Waals surface area contributed by atoms with Crippen LogP contribution in [-0.4, -0.2) is 71.0 Å². The average Bonchev–Trinajstić information content (AvgIpc) is 2.95.